The fraction of sp³-hybridized carbons (Fsp3) is 0.909. The normalized spacial score (nSPS) is 34.1. The Labute approximate surface area is 106 Å². The van der Waals surface area contributed by atoms with Crippen molar-refractivity contribution in [2.24, 2.45) is 0 Å². The first kappa shape index (κ1) is 15.2. The third-order valence-corrected chi connectivity index (χ3v) is 2.60. The molecule has 0 spiro atoms. The molecule has 1 aliphatic heterocycles. The fourth-order valence-electron chi connectivity index (χ4n) is 1.67. The van der Waals surface area contributed by atoms with Gasteiger partial charge < -0.3 is 30.1 Å². The molecule has 18 heavy (non-hydrogen) atoms. The average Bonchev–Trinajstić information content (AvgIpc) is 2.30. The largest absolute Gasteiger partial charge is 0.444 e. The molecule has 0 radical (unpaired) electrons. The number of aliphatic hydroxyl groups excluding tert-OH is 4. The first-order valence-corrected chi connectivity index (χ1v) is 5.82. The minimum atomic E-state index is -1.49. The summed E-state index contributed by atoms with van der Waals surface area (Å²) in [7, 11) is 0. The van der Waals surface area contributed by atoms with Gasteiger partial charge in [0, 0.05) is 0 Å². The standard InChI is InChI=1S/C11H21NO6/c1-11(2,3)18-10(17)12-4-6(13)8(15)9(16)7(14)5-12/h6-9,13-16H,4-5H2,1-3H3/t6-,7+,8-,9-/m1/s1. The van der Waals surface area contributed by atoms with Crippen molar-refractivity contribution in [3.63, 3.8) is 0 Å². The molecule has 0 aromatic heterocycles. The lowest BCUT2D eigenvalue weighted by Gasteiger charge is -2.27. The first-order valence-electron chi connectivity index (χ1n) is 5.82. The molecule has 1 fully saturated rings. The lowest BCUT2D eigenvalue weighted by Crippen LogP contribution is -2.43. The topological polar surface area (TPSA) is 110 Å². The van der Waals surface area contributed by atoms with E-state index in [4.69, 9.17) is 4.74 Å². The van der Waals surface area contributed by atoms with Crippen molar-refractivity contribution >= 4 is 6.09 Å². The minimum Gasteiger partial charge on any atom is -0.444 e. The molecule has 0 saturated carbocycles. The Kier molecular flexibility index (Phi) is 4.55. The Morgan fingerprint density at radius 3 is 1.78 bits per heavy atom. The lowest BCUT2D eigenvalue weighted by molar-refractivity contribution is -0.0894. The van der Waals surface area contributed by atoms with Crippen molar-refractivity contribution in [3.8, 4) is 0 Å². The maximum absolute atomic E-state index is 11.8. The van der Waals surface area contributed by atoms with Crippen molar-refractivity contribution in [2.75, 3.05) is 13.1 Å². The van der Waals surface area contributed by atoms with Gasteiger partial charge in [0.1, 0.15) is 30.0 Å². The highest BCUT2D eigenvalue weighted by Gasteiger charge is 2.38. The third kappa shape index (κ3) is 3.81. The summed E-state index contributed by atoms with van der Waals surface area (Å²) in [5.41, 5.74) is -0.698. The van der Waals surface area contributed by atoms with E-state index >= 15 is 0 Å². The van der Waals surface area contributed by atoms with Gasteiger partial charge in [-0.25, -0.2) is 4.79 Å². The van der Waals surface area contributed by atoms with E-state index < -0.39 is 36.1 Å². The Morgan fingerprint density at radius 2 is 1.44 bits per heavy atom. The van der Waals surface area contributed by atoms with E-state index in [1.165, 1.54) is 0 Å². The van der Waals surface area contributed by atoms with Gasteiger partial charge in [-0.05, 0) is 20.8 Å². The second kappa shape index (κ2) is 5.40. The molecule has 0 unspecified atom stereocenters. The van der Waals surface area contributed by atoms with E-state index in [1.54, 1.807) is 20.8 Å². The highest BCUT2D eigenvalue weighted by molar-refractivity contribution is 5.68. The van der Waals surface area contributed by atoms with Crippen LogP contribution in [0.1, 0.15) is 20.8 Å². The van der Waals surface area contributed by atoms with E-state index in [0.29, 0.717) is 0 Å². The highest BCUT2D eigenvalue weighted by atomic mass is 16.6. The smallest absolute Gasteiger partial charge is 0.410 e. The number of hydrogen-bond acceptors (Lipinski definition) is 6. The lowest BCUT2D eigenvalue weighted by atomic mass is 10.1. The van der Waals surface area contributed by atoms with E-state index in [-0.39, 0.29) is 13.1 Å². The monoisotopic (exact) mass is 263 g/mol. The van der Waals surface area contributed by atoms with Crippen LogP contribution >= 0.6 is 0 Å². The molecule has 0 aromatic carbocycles. The van der Waals surface area contributed by atoms with Gasteiger partial charge in [0.2, 0.25) is 0 Å². The predicted octanol–water partition coefficient (Wildman–Crippen LogP) is -1.32. The third-order valence-electron chi connectivity index (χ3n) is 2.60. The molecule has 1 rings (SSSR count). The Morgan fingerprint density at radius 1 is 1.06 bits per heavy atom. The molecule has 7 nitrogen and oxygen atoms in total. The van der Waals surface area contributed by atoms with Crippen LogP contribution in [0.5, 0.6) is 0 Å². The summed E-state index contributed by atoms with van der Waals surface area (Å²) in [6, 6.07) is 0. The molecular formula is C11H21NO6. The van der Waals surface area contributed by atoms with E-state index in [2.05, 4.69) is 0 Å². The van der Waals surface area contributed by atoms with Crippen LogP contribution in [-0.4, -0.2) is 74.5 Å². The highest BCUT2D eigenvalue weighted by Crippen LogP contribution is 2.16. The molecule has 0 aliphatic carbocycles. The average molecular weight is 263 g/mol. The number of rotatable bonds is 0. The van der Waals surface area contributed by atoms with Crippen molar-refractivity contribution < 1.29 is 30.0 Å². The van der Waals surface area contributed by atoms with Crippen LogP contribution in [0.25, 0.3) is 0 Å². The van der Waals surface area contributed by atoms with Crippen LogP contribution in [-0.2, 0) is 4.74 Å². The number of likely N-dealkylation sites (tertiary alicyclic amines) is 1. The Balaban J connectivity index is 2.75. The summed E-state index contributed by atoms with van der Waals surface area (Å²) in [5.74, 6) is 0. The van der Waals surface area contributed by atoms with Crippen LogP contribution in [0.2, 0.25) is 0 Å². The molecule has 1 saturated heterocycles. The van der Waals surface area contributed by atoms with Crippen molar-refractivity contribution in [1.82, 2.24) is 4.90 Å². The van der Waals surface area contributed by atoms with Crippen LogP contribution in [0.3, 0.4) is 0 Å². The number of aliphatic hydroxyl groups is 4. The SMILES string of the molecule is CC(C)(C)OC(=O)N1C[C@@H](O)[C@@H](O)[C@H](O)[C@@H](O)C1. The number of carbonyl (C=O) groups is 1. The van der Waals surface area contributed by atoms with Gasteiger partial charge >= 0.3 is 6.09 Å². The van der Waals surface area contributed by atoms with Gasteiger partial charge in [-0.2, -0.15) is 0 Å². The molecule has 7 heteroatoms. The predicted molar refractivity (Wildman–Crippen MR) is 61.8 cm³/mol. The summed E-state index contributed by atoms with van der Waals surface area (Å²) < 4.78 is 5.10. The number of nitrogens with zero attached hydrogens (tertiary/aromatic N) is 1. The van der Waals surface area contributed by atoms with Crippen LogP contribution in [0.4, 0.5) is 4.79 Å². The number of carbonyl (C=O) groups excluding carboxylic acids is 1. The molecular weight excluding hydrogens is 242 g/mol. The maximum Gasteiger partial charge on any atom is 0.410 e. The quantitative estimate of drug-likeness (QED) is 0.431. The molecule has 1 aliphatic rings. The summed E-state index contributed by atoms with van der Waals surface area (Å²) >= 11 is 0. The fourth-order valence-corrected chi connectivity index (χ4v) is 1.67. The van der Waals surface area contributed by atoms with Gasteiger partial charge in [-0.3, -0.25) is 0 Å². The van der Waals surface area contributed by atoms with E-state index in [9.17, 15) is 25.2 Å². The molecule has 1 amide bonds. The van der Waals surface area contributed by atoms with Crippen LogP contribution in [0, 0.1) is 0 Å². The van der Waals surface area contributed by atoms with E-state index in [1.807, 2.05) is 0 Å². The summed E-state index contributed by atoms with van der Waals surface area (Å²) in [4.78, 5) is 12.9. The van der Waals surface area contributed by atoms with Crippen molar-refractivity contribution in [1.29, 1.82) is 0 Å². The van der Waals surface area contributed by atoms with Crippen LogP contribution < -0.4 is 0 Å². The number of amides is 1. The number of ether oxygens (including phenoxy) is 1. The van der Waals surface area contributed by atoms with Gasteiger partial charge in [0.15, 0.2) is 0 Å². The van der Waals surface area contributed by atoms with E-state index in [0.717, 1.165) is 4.90 Å². The zero-order valence-electron chi connectivity index (χ0n) is 10.8. The summed E-state index contributed by atoms with van der Waals surface area (Å²) in [6.07, 6.45) is -6.35. The summed E-state index contributed by atoms with van der Waals surface area (Å²) in [5, 5.41) is 38.2. The Bertz CT molecular complexity index is 286. The van der Waals surface area contributed by atoms with Gasteiger partial charge in [0.25, 0.3) is 0 Å². The molecule has 106 valence electrons. The van der Waals surface area contributed by atoms with Crippen LogP contribution in [0.15, 0.2) is 0 Å². The van der Waals surface area contributed by atoms with Crippen molar-refractivity contribution in [3.05, 3.63) is 0 Å². The molecule has 1 heterocycles. The van der Waals surface area contributed by atoms with Gasteiger partial charge in [-0.1, -0.05) is 0 Å². The Hall–Kier alpha value is -0.890. The summed E-state index contributed by atoms with van der Waals surface area (Å²) in [6.45, 7) is 4.67. The first-order chi connectivity index (χ1) is 8.11. The molecule has 0 bridgehead atoms. The molecule has 4 N–H and O–H groups in total. The molecule has 0 aromatic rings. The second-order valence-electron chi connectivity index (χ2n) is 5.50. The van der Waals surface area contributed by atoms with Crippen molar-refractivity contribution in [2.45, 2.75) is 50.8 Å². The number of β-amino-alcohol motifs (C(OH)–C–C–N with tert-alkyl or cyclic N) is 2. The number of hydrogen-bond donors (Lipinski definition) is 4. The zero-order chi connectivity index (χ0) is 14.1. The zero-order valence-corrected chi connectivity index (χ0v) is 10.8. The van der Waals surface area contributed by atoms with Gasteiger partial charge in [-0.15, -0.1) is 0 Å². The maximum atomic E-state index is 11.8. The minimum absolute atomic E-state index is 0.204. The van der Waals surface area contributed by atoms with Gasteiger partial charge in [0.05, 0.1) is 13.1 Å². The second-order valence-corrected chi connectivity index (χ2v) is 5.50. The molecule has 4 atom stereocenters.